The Labute approximate surface area is 199 Å². The van der Waals surface area contributed by atoms with Crippen molar-refractivity contribution in [2.45, 2.75) is 76.2 Å². The van der Waals surface area contributed by atoms with E-state index in [0.29, 0.717) is 5.69 Å². The summed E-state index contributed by atoms with van der Waals surface area (Å²) in [4.78, 5) is 0. The smallest absolute Gasteiger partial charge is 0.405 e. The number of allylic oxidation sites excluding steroid dienone is 1. The molecule has 7 nitrogen and oxygen atoms in total. The van der Waals surface area contributed by atoms with Gasteiger partial charge in [0.2, 0.25) is 5.89 Å². The predicted octanol–water partition coefficient (Wildman–Crippen LogP) is 5.45. The Morgan fingerprint density at radius 1 is 1.20 bits per heavy atom. The summed E-state index contributed by atoms with van der Waals surface area (Å²) in [7, 11) is 0. The minimum Gasteiger partial charge on any atom is -0.405 e. The second kappa shape index (κ2) is 8.65. The molecule has 35 heavy (non-hydrogen) atoms. The molecule has 4 rings (SSSR count). The van der Waals surface area contributed by atoms with Gasteiger partial charge in [0.1, 0.15) is 12.6 Å². The van der Waals surface area contributed by atoms with E-state index in [2.05, 4.69) is 26.1 Å². The van der Waals surface area contributed by atoms with E-state index in [1.165, 1.54) is 0 Å². The lowest BCUT2D eigenvalue weighted by Crippen LogP contribution is -2.61. The summed E-state index contributed by atoms with van der Waals surface area (Å²) in [5, 5.41) is 16.9. The number of nitrogens with two attached hydrogens (primary N) is 1. The molecule has 1 unspecified atom stereocenters. The zero-order valence-corrected chi connectivity index (χ0v) is 19.9. The third-order valence-corrected chi connectivity index (χ3v) is 6.30. The van der Waals surface area contributed by atoms with Crippen LogP contribution in [0.25, 0.3) is 5.57 Å². The van der Waals surface area contributed by atoms with Gasteiger partial charge in [0.15, 0.2) is 0 Å². The van der Waals surface area contributed by atoms with Crippen LogP contribution in [0, 0.1) is 0 Å². The number of hydrogen-bond donors (Lipinski definition) is 4. The maximum absolute atomic E-state index is 12.9. The number of nitrogens with zero attached hydrogens (tertiary/aromatic N) is 2. The average Bonchev–Trinajstić information content (AvgIpc) is 3.18. The van der Waals surface area contributed by atoms with Gasteiger partial charge in [-0.25, -0.2) is 8.78 Å². The van der Waals surface area contributed by atoms with Crippen molar-refractivity contribution in [1.82, 2.24) is 10.2 Å². The van der Waals surface area contributed by atoms with E-state index >= 15 is 0 Å². The summed E-state index contributed by atoms with van der Waals surface area (Å²) in [6.45, 7) is 6.66. The maximum atomic E-state index is 12.9. The van der Waals surface area contributed by atoms with Crippen molar-refractivity contribution in [3.05, 3.63) is 35.2 Å². The second-order valence-corrected chi connectivity index (χ2v) is 10.4. The van der Waals surface area contributed by atoms with Crippen molar-refractivity contribution in [1.29, 1.82) is 0 Å². The van der Waals surface area contributed by atoms with Gasteiger partial charge >= 0.3 is 12.2 Å². The van der Waals surface area contributed by atoms with Crippen LogP contribution in [-0.4, -0.2) is 40.9 Å². The normalized spacial score (nSPS) is 24.4. The molecule has 1 aromatic heterocycles. The molecule has 0 spiro atoms. The molecule has 192 valence electrons. The molecule has 0 saturated heterocycles. The molecule has 2 aromatic rings. The molecule has 12 heteroatoms. The topological polar surface area (TPSA) is 101 Å². The van der Waals surface area contributed by atoms with Crippen LogP contribution in [0.5, 0.6) is 0 Å². The Bertz CT molecular complexity index is 1110. The number of aromatic nitrogens is 2. The zero-order chi connectivity index (χ0) is 25.8. The number of halogens is 5. The van der Waals surface area contributed by atoms with Gasteiger partial charge in [-0.1, -0.05) is 25.9 Å². The van der Waals surface area contributed by atoms with Gasteiger partial charge in [0.05, 0.1) is 5.54 Å². The molecule has 1 atom stereocenters. The number of fused-ring (bicyclic) bond motifs is 1. The minimum atomic E-state index is -4.33. The van der Waals surface area contributed by atoms with E-state index in [0.717, 1.165) is 22.4 Å². The van der Waals surface area contributed by atoms with Gasteiger partial charge in [-0.3, -0.25) is 0 Å². The molecule has 2 heterocycles. The largest absolute Gasteiger partial charge is 0.405 e. The molecule has 1 fully saturated rings. The number of benzene rings is 1. The van der Waals surface area contributed by atoms with Crippen molar-refractivity contribution in [3.8, 4) is 0 Å². The highest BCUT2D eigenvalue weighted by Gasteiger charge is 2.48. The van der Waals surface area contributed by atoms with Gasteiger partial charge in [0, 0.05) is 23.0 Å². The SMILES string of the molecule is CC1=CC(c2nnc(NC3CC(N)(C(F)F)C3)o2)Nc2c1cc(NCC(F)(F)F)cc2C(C)(C)C. The van der Waals surface area contributed by atoms with E-state index in [9.17, 15) is 22.0 Å². The molecule has 0 amide bonds. The van der Waals surface area contributed by atoms with Crippen LogP contribution in [-0.2, 0) is 5.41 Å². The first-order valence-corrected chi connectivity index (χ1v) is 11.3. The lowest BCUT2D eigenvalue weighted by molar-refractivity contribution is -0.115. The number of nitrogens with one attached hydrogen (secondary N) is 3. The molecule has 0 bridgehead atoms. The summed E-state index contributed by atoms with van der Waals surface area (Å²) in [6, 6.07) is 2.76. The molecule has 2 aliphatic rings. The van der Waals surface area contributed by atoms with Gasteiger partial charge in [-0.2, -0.15) is 13.2 Å². The monoisotopic (exact) mass is 500 g/mol. The van der Waals surface area contributed by atoms with Crippen molar-refractivity contribution in [2.75, 3.05) is 22.5 Å². The lowest BCUT2D eigenvalue weighted by Gasteiger charge is -2.43. The van der Waals surface area contributed by atoms with Gasteiger partial charge in [0.25, 0.3) is 6.43 Å². The first-order chi connectivity index (χ1) is 16.1. The summed E-state index contributed by atoms with van der Waals surface area (Å²) < 4.78 is 69.9. The van der Waals surface area contributed by atoms with Gasteiger partial charge < -0.3 is 26.1 Å². The van der Waals surface area contributed by atoms with Crippen molar-refractivity contribution in [3.63, 3.8) is 0 Å². The van der Waals surface area contributed by atoms with Crippen LogP contribution in [0.3, 0.4) is 0 Å². The Morgan fingerprint density at radius 2 is 1.89 bits per heavy atom. The minimum absolute atomic E-state index is 0.0933. The summed E-state index contributed by atoms with van der Waals surface area (Å²) >= 11 is 0. The van der Waals surface area contributed by atoms with Gasteiger partial charge in [-0.05, 0) is 54.5 Å². The second-order valence-electron chi connectivity index (χ2n) is 10.4. The molecule has 1 aliphatic heterocycles. The molecular formula is C23H29F5N6O. The van der Waals surface area contributed by atoms with Crippen LogP contribution in [0.15, 0.2) is 22.6 Å². The maximum Gasteiger partial charge on any atom is 0.405 e. The Hall–Kier alpha value is -2.89. The van der Waals surface area contributed by atoms with Crippen LogP contribution < -0.4 is 21.7 Å². The Balaban J connectivity index is 1.55. The molecule has 5 N–H and O–H groups in total. The molecule has 1 aromatic carbocycles. The first-order valence-electron chi connectivity index (χ1n) is 11.3. The van der Waals surface area contributed by atoms with E-state index < -0.39 is 30.7 Å². The highest BCUT2D eigenvalue weighted by molar-refractivity contribution is 5.84. The number of hydrogen-bond acceptors (Lipinski definition) is 7. The summed E-state index contributed by atoms with van der Waals surface area (Å²) in [6.07, 6.45) is -4.89. The van der Waals surface area contributed by atoms with E-state index in [1.807, 2.05) is 33.8 Å². The highest BCUT2D eigenvalue weighted by atomic mass is 19.4. The summed E-state index contributed by atoms with van der Waals surface area (Å²) in [5.41, 5.74) is 7.36. The van der Waals surface area contributed by atoms with E-state index in [-0.39, 0.29) is 36.2 Å². The Morgan fingerprint density at radius 3 is 2.49 bits per heavy atom. The zero-order valence-electron chi connectivity index (χ0n) is 19.9. The van der Waals surface area contributed by atoms with E-state index in [4.69, 9.17) is 10.2 Å². The van der Waals surface area contributed by atoms with E-state index in [1.54, 1.807) is 12.1 Å². The average molecular weight is 501 g/mol. The predicted molar refractivity (Wildman–Crippen MR) is 124 cm³/mol. The number of alkyl halides is 5. The van der Waals surface area contributed by atoms with Gasteiger partial charge in [-0.15, -0.1) is 5.10 Å². The molecule has 1 aliphatic carbocycles. The molecule has 1 saturated carbocycles. The van der Waals surface area contributed by atoms with Crippen molar-refractivity contribution in [2.24, 2.45) is 5.73 Å². The van der Waals surface area contributed by atoms with Crippen molar-refractivity contribution < 1.29 is 26.4 Å². The fourth-order valence-electron chi connectivity index (χ4n) is 4.41. The fourth-order valence-corrected chi connectivity index (χ4v) is 4.41. The third kappa shape index (κ3) is 5.36. The van der Waals surface area contributed by atoms with Crippen LogP contribution in [0.2, 0.25) is 0 Å². The lowest BCUT2D eigenvalue weighted by atomic mass is 9.74. The Kier molecular flexibility index (Phi) is 6.23. The van der Waals surface area contributed by atoms with Crippen LogP contribution >= 0.6 is 0 Å². The third-order valence-electron chi connectivity index (χ3n) is 6.30. The molecular weight excluding hydrogens is 471 g/mol. The molecule has 0 radical (unpaired) electrons. The number of anilines is 3. The quantitative estimate of drug-likeness (QED) is 0.392. The summed E-state index contributed by atoms with van der Waals surface area (Å²) in [5.74, 6) is 0.267. The van der Waals surface area contributed by atoms with Crippen molar-refractivity contribution >= 4 is 23.0 Å². The fraction of sp³-hybridized carbons (Fsp3) is 0.565. The standard InChI is InChI=1S/C23H29F5N6O/c1-11-5-16(18-33-34-20(35-18)31-13-8-22(29,9-13)19(24)25)32-17-14(11)6-12(30-10-23(26,27)28)7-15(17)21(2,3)4/h5-7,13,16,19,30,32H,8-10,29H2,1-4H3,(H,31,34). The van der Waals surface area contributed by atoms with Crippen LogP contribution in [0.1, 0.15) is 63.6 Å². The number of rotatable bonds is 6. The highest BCUT2D eigenvalue weighted by Crippen LogP contribution is 2.43. The first kappa shape index (κ1) is 25.2. The van der Waals surface area contributed by atoms with Crippen LogP contribution in [0.4, 0.5) is 39.3 Å².